The summed E-state index contributed by atoms with van der Waals surface area (Å²) in [6, 6.07) is 11.1. The first-order chi connectivity index (χ1) is 13.0. The fourth-order valence-electron chi connectivity index (χ4n) is 3.89. The normalized spacial score (nSPS) is 16.5. The van der Waals surface area contributed by atoms with Crippen molar-refractivity contribution in [3.63, 3.8) is 0 Å². The summed E-state index contributed by atoms with van der Waals surface area (Å²) in [6.07, 6.45) is 2.28. The molecule has 3 nitrogen and oxygen atoms in total. The molecule has 3 aromatic rings. The predicted molar refractivity (Wildman–Crippen MR) is 103 cm³/mol. The smallest absolute Gasteiger partial charge is 0.123 e. The van der Waals surface area contributed by atoms with Crippen molar-refractivity contribution in [1.82, 2.24) is 9.88 Å². The molecule has 0 spiro atoms. The van der Waals surface area contributed by atoms with E-state index in [-0.39, 0.29) is 11.6 Å². The molecule has 0 aliphatic carbocycles. The van der Waals surface area contributed by atoms with Gasteiger partial charge >= 0.3 is 0 Å². The number of benzene rings is 2. The highest BCUT2D eigenvalue weighted by atomic mass is 19.1. The lowest BCUT2D eigenvalue weighted by Crippen LogP contribution is -2.32. The molecule has 140 valence electrons. The second-order valence-corrected chi connectivity index (χ2v) is 7.12. The first-order valence-electron chi connectivity index (χ1n) is 9.14. The summed E-state index contributed by atoms with van der Waals surface area (Å²) < 4.78 is 26.7. The summed E-state index contributed by atoms with van der Waals surface area (Å²) >= 11 is 0. The van der Waals surface area contributed by atoms with Crippen LogP contribution in [0.25, 0.3) is 16.5 Å². The number of aliphatic hydroxyl groups is 1. The van der Waals surface area contributed by atoms with E-state index in [2.05, 4.69) is 16.0 Å². The van der Waals surface area contributed by atoms with Crippen LogP contribution in [0.5, 0.6) is 0 Å². The number of nitrogens with zero attached hydrogens (tertiary/aromatic N) is 1. The fourth-order valence-corrected chi connectivity index (χ4v) is 3.89. The van der Waals surface area contributed by atoms with Crippen LogP contribution in [0.15, 0.2) is 48.5 Å². The Morgan fingerprint density at radius 2 is 1.85 bits per heavy atom. The molecule has 1 aliphatic heterocycles. The Labute approximate surface area is 156 Å². The van der Waals surface area contributed by atoms with Gasteiger partial charge in [-0.3, -0.25) is 4.90 Å². The number of H-pyrrole nitrogens is 1. The maximum Gasteiger partial charge on any atom is 0.123 e. The summed E-state index contributed by atoms with van der Waals surface area (Å²) in [5.41, 5.74) is 4.70. The first kappa shape index (κ1) is 17.9. The maximum atomic E-state index is 13.6. The van der Waals surface area contributed by atoms with Crippen molar-refractivity contribution in [1.29, 1.82) is 0 Å². The molecule has 27 heavy (non-hydrogen) atoms. The average Bonchev–Trinajstić information content (AvgIpc) is 2.98. The summed E-state index contributed by atoms with van der Waals surface area (Å²) in [5, 5.41) is 11.5. The van der Waals surface area contributed by atoms with Gasteiger partial charge in [0.1, 0.15) is 11.6 Å². The predicted octanol–water partition coefficient (Wildman–Crippen LogP) is 4.58. The Bertz CT molecular complexity index is 991. The van der Waals surface area contributed by atoms with E-state index < -0.39 is 6.10 Å². The van der Waals surface area contributed by atoms with Crippen molar-refractivity contribution in [3.8, 4) is 0 Å². The van der Waals surface area contributed by atoms with E-state index in [9.17, 15) is 13.9 Å². The van der Waals surface area contributed by atoms with Crippen molar-refractivity contribution in [2.45, 2.75) is 19.4 Å². The van der Waals surface area contributed by atoms with E-state index in [1.165, 1.54) is 29.8 Å². The van der Waals surface area contributed by atoms with Crippen LogP contribution in [0, 0.1) is 18.6 Å². The topological polar surface area (TPSA) is 39.3 Å². The van der Waals surface area contributed by atoms with Crippen molar-refractivity contribution in [2.75, 3.05) is 19.6 Å². The third-order valence-corrected chi connectivity index (χ3v) is 5.27. The maximum absolute atomic E-state index is 13.6. The summed E-state index contributed by atoms with van der Waals surface area (Å²) in [7, 11) is 0. The van der Waals surface area contributed by atoms with E-state index in [0.29, 0.717) is 6.54 Å². The molecule has 0 saturated heterocycles. The molecule has 2 aromatic carbocycles. The molecule has 1 aromatic heterocycles. The van der Waals surface area contributed by atoms with Gasteiger partial charge in [-0.15, -0.1) is 0 Å². The van der Waals surface area contributed by atoms with Crippen LogP contribution in [0.3, 0.4) is 0 Å². The zero-order valence-electron chi connectivity index (χ0n) is 15.2. The summed E-state index contributed by atoms with van der Waals surface area (Å²) in [6.45, 7) is 3.92. The second kappa shape index (κ2) is 7.25. The third kappa shape index (κ3) is 3.66. The van der Waals surface area contributed by atoms with E-state index >= 15 is 0 Å². The number of nitrogens with one attached hydrogen (secondary N) is 1. The van der Waals surface area contributed by atoms with Gasteiger partial charge in [0.05, 0.1) is 6.10 Å². The van der Waals surface area contributed by atoms with Crippen molar-refractivity contribution in [2.24, 2.45) is 0 Å². The molecular weight excluding hydrogens is 346 g/mol. The molecule has 2 N–H and O–H groups in total. The number of fused-ring (bicyclic) bond motifs is 1. The molecule has 0 bridgehead atoms. The van der Waals surface area contributed by atoms with Crippen LogP contribution in [-0.2, 0) is 0 Å². The molecule has 1 atom stereocenters. The van der Waals surface area contributed by atoms with Crippen molar-refractivity contribution in [3.05, 3.63) is 77.0 Å². The Kier molecular flexibility index (Phi) is 4.81. The Morgan fingerprint density at radius 1 is 1.11 bits per heavy atom. The number of aliphatic hydroxyl groups excluding tert-OH is 1. The van der Waals surface area contributed by atoms with Crippen LogP contribution < -0.4 is 0 Å². The Hall–Kier alpha value is -2.50. The number of aromatic amines is 1. The number of hydrogen-bond acceptors (Lipinski definition) is 2. The second-order valence-electron chi connectivity index (χ2n) is 7.12. The van der Waals surface area contributed by atoms with Crippen LogP contribution in [0.4, 0.5) is 8.78 Å². The Morgan fingerprint density at radius 3 is 2.56 bits per heavy atom. The monoisotopic (exact) mass is 368 g/mol. The lowest BCUT2D eigenvalue weighted by Gasteiger charge is -2.28. The molecule has 4 rings (SSSR count). The van der Waals surface area contributed by atoms with Crippen molar-refractivity contribution >= 4 is 16.5 Å². The van der Waals surface area contributed by atoms with E-state index in [4.69, 9.17) is 0 Å². The standard InChI is InChI=1S/C22H22F2N2O/c1-14-22(19-12-18(24)6-7-20(19)25-14)21(27)13-26-10-8-16(9-11-26)15-2-4-17(23)5-3-15/h2-8,12,21,25,27H,9-11,13H2,1H3/t21-/m0/s1. The van der Waals surface area contributed by atoms with Gasteiger partial charge in [-0.2, -0.15) is 0 Å². The van der Waals surface area contributed by atoms with Gasteiger partial charge in [-0.1, -0.05) is 18.2 Å². The lowest BCUT2D eigenvalue weighted by atomic mass is 9.98. The number of β-amino-alcohol motifs (C(OH)–C–C–N with tert-alkyl or cyclic N) is 1. The molecule has 0 saturated carbocycles. The number of hydrogen-bond donors (Lipinski definition) is 2. The number of halogens is 2. The van der Waals surface area contributed by atoms with Gasteiger partial charge in [0, 0.05) is 41.8 Å². The highest BCUT2D eigenvalue weighted by Gasteiger charge is 2.21. The molecule has 0 radical (unpaired) electrons. The number of aromatic nitrogens is 1. The molecule has 5 heteroatoms. The van der Waals surface area contributed by atoms with E-state index in [1.54, 1.807) is 18.2 Å². The van der Waals surface area contributed by atoms with Gasteiger partial charge in [-0.25, -0.2) is 8.78 Å². The van der Waals surface area contributed by atoms with Crippen LogP contribution >= 0.6 is 0 Å². The van der Waals surface area contributed by atoms with Crippen LogP contribution in [0.1, 0.15) is 29.3 Å². The summed E-state index contributed by atoms with van der Waals surface area (Å²) in [4.78, 5) is 5.39. The quantitative estimate of drug-likeness (QED) is 0.708. The van der Waals surface area contributed by atoms with E-state index in [0.717, 1.165) is 47.2 Å². The highest BCUT2D eigenvalue weighted by Crippen LogP contribution is 2.30. The zero-order chi connectivity index (χ0) is 19.0. The van der Waals surface area contributed by atoms with E-state index in [1.807, 2.05) is 6.92 Å². The van der Waals surface area contributed by atoms with Gasteiger partial charge in [0.2, 0.25) is 0 Å². The van der Waals surface area contributed by atoms with Gasteiger partial charge < -0.3 is 10.1 Å². The minimum absolute atomic E-state index is 0.231. The lowest BCUT2D eigenvalue weighted by molar-refractivity contribution is 0.119. The van der Waals surface area contributed by atoms with Crippen LogP contribution in [0.2, 0.25) is 0 Å². The van der Waals surface area contributed by atoms with Crippen molar-refractivity contribution < 1.29 is 13.9 Å². The summed E-state index contributed by atoms with van der Waals surface area (Å²) in [5.74, 6) is -0.537. The molecule has 2 heterocycles. The molecule has 0 unspecified atom stereocenters. The minimum Gasteiger partial charge on any atom is -0.387 e. The SMILES string of the molecule is Cc1[nH]c2ccc(F)cc2c1[C@@H](O)CN1CC=C(c2ccc(F)cc2)CC1. The third-order valence-electron chi connectivity index (χ3n) is 5.27. The fraction of sp³-hybridized carbons (Fsp3) is 0.273. The largest absolute Gasteiger partial charge is 0.387 e. The highest BCUT2D eigenvalue weighted by molar-refractivity contribution is 5.85. The minimum atomic E-state index is -0.693. The van der Waals surface area contributed by atoms with Gasteiger partial charge in [-0.05, 0) is 54.8 Å². The molecule has 0 fully saturated rings. The number of rotatable bonds is 4. The number of aryl methyl sites for hydroxylation is 1. The molecule has 0 amide bonds. The van der Waals surface area contributed by atoms with Gasteiger partial charge in [0.25, 0.3) is 0 Å². The molecular formula is C22H22F2N2O. The average molecular weight is 368 g/mol. The Balaban J connectivity index is 1.48. The zero-order valence-corrected chi connectivity index (χ0v) is 15.2. The van der Waals surface area contributed by atoms with Crippen LogP contribution in [-0.4, -0.2) is 34.6 Å². The molecule has 1 aliphatic rings. The van der Waals surface area contributed by atoms with Gasteiger partial charge in [0.15, 0.2) is 0 Å². The first-order valence-corrected chi connectivity index (χ1v) is 9.14.